The van der Waals surface area contributed by atoms with E-state index in [4.69, 9.17) is 18.2 Å². The summed E-state index contributed by atoms with van der Waals surface area (Å²) in [5.74, 6) is 8.70. The maximum absolute atomic E-state index is 11.5. The highest BCUT2D eigenvalue weighted by Crippen LogP contribution is 2.63. The number of carbonyl (C=O) groups is 1. The lowest BCUT2D eigenvalue weighted by molar-refractivity contribution is 0.0696. The van der Waals surface area contributed by atoms with Gasteiger partial charge < -0.3 is 19.5 Å². The van der Waals surface area contributed by atoms with E-state index in [0.29, 0.717) is 18.4 Å². The van der Waals surface area contributed by atoms with Crippen molar-refractivity contribution in [3.8, 4) is 76.2 Å². The van der Waals surface area contributed by atoms with Gasteiger partial charge in [-0.25, -0.2) is 4.79 Å². The Hall–Kier alpha value is -7.81. The summed E-state index contributed by atoms with van der Waals surface area (Å²) in [6, 6.07) is 56.5. The molecule has 2 atom stereocenters. The normalized spacial score (nSPS) is 14.0. The van der Waals surface area contributed by atoms with Gasteiger partial charge in [0, 0.05) is 58.7 Å². The fourth-order valence-corrected chi connectivity index (χ4v) is 16.4. The summed E-state index contributed by atoms with van der Waals surface area (Å²) < 4.78 is 22.3. The second-order valence-electron chi connectivity index (χ2n) is 24.6. The molecule has 7 aromatic carbocycles. The Bertz CT molecular complexity index is 4110. The van der Waals surface area contributed by atoms with Crippen LogP contribution >= 0.6 is 34.4 Å². The third kappa shape index (κ3) is 13.9. The number of fused-ring (bicyclic) bond motifs is 4. The number of carboxylic acids is 1. The molecule has 0 bridgehead atoms. The zero-order valence-electron chi connectivity index (χ0n) is 53.7. The molecule has 0 aliphatic heterocycles. The van der Waals surface area contributed by atoms with E-state index in [1.165, 1.54) is 109 Å². The van der Waals surface area contributed by atoms with Crippen LogP contribution in [0.25, 0.3) is 63.9 Å². The van der Waals surface area contributed by atoms with Gasteiger partial charge in [0.25, 0.3) is 0 Å². The zero-order valence-corrected chi connectivity index (χ0v) is 56.2. The summed E-state index contributed by atoms with van der Waals surface area (Å²) in [5.41, 5.74) is 18.9. The molecule has 10 aromatic rings. The molecule has 0 fully saturated rings. The molecule has 0 amide bonds. The lowest BCUT2D eigenvalue weighted by atomic mass is 9.65. The van der Waals surface area contributed by atoms with Crippen molar-refractivity contribution >= 4 is 68.5 Å². The van der Waals surface area contributed by atoms with Crippen LogP contribution in [-0.4, -0.2) is 33.0 Å². The van der Waals surface area contributed by atoms with Crippen LogP contribution in [0.3, 0.4) is 0 Å². The van der Waals surface area contributed by atoms with Crippen molar-refractivity contribution in [1.82, 2.24) is 8.75 Å². The number of hydrogen-bond acceptors (Lipinski definition) is 9. The van der Waals surface area contributed by atoms with Crippen molar-refractivity contribution in [2.24, 2.45) is 11.8 Å². The van der Waals surface area contributed by atoms with E-state index in [2.05, 4.69) is 206 Å². The molecular weight excluding hydrogens is 1160 g/mol. The van der Waals surface area contributed by atoms with Crippen molar-refractivity contribution in [1.29, 1.82) is 0 Å². The molecule has 1 aliphatic carbocycles. The number of aromatic nitrogens is 2. The minimum Gasteiger partial charge on any atom is -0.494 e. The summed E-state index contributed by atoms with van der Waals surface area (Å²) in [4.78, 5) is 19.3. The molecule has 7 nitrogen and oxygen atoms in total. The maximum atomic E-state index is 11.5. The second kappa shape index (κ2) is 29.4. The number of benzene rings is 7. The van der Waals surface area contributed by atoms with Crippen LogP contribution in [0.2, 0.25) is 0 Å². The van der Waals surface area contributed by atoms with Crippen molar-refractivity contribution in [2.45, 2.75) is 151 Å². The number of unbranched alkanes of at least 4 members (excludes halogenated alkanes) is 4. The molecule has 90 heavy (non-hydrogen) atoms. The average Bonchev–Trinajstić information content (AvgIpc) is 1.55. The van der Waals surface area contributed by atoms with Crippen LogP contribution in [0.15, 0.2) is 158 Å². The van der Waals surface area contributed by atoms with Gasteiger partial charge in [-0.2, -0.15) is 8.75 Å². The van der Waals surface area contributed by atoms with Crippen LogP contribution < -0.4 is 14.4 Å². The first kappa shape index (κ1) is 63.7. The number of aromatic carboxylic acids is 1. The Balaban J connectivity index is 0.985. The highest BCUT2D eigenvalue weighted by Gasteiger charge is 2.48. The van der Waals surface area contributed by atoms with Crippen LogP contribution in [-0.2, 0) is 5.41 Å². The fourth-order valence-electron chi connectivity index (χ4n) is 13.1. The van der Waals surface area contributed by atoms with Gasteiger partial charge in [0.05, 0.1) is 36.1 Å². The Labute approximate surface area is 546 Å². The number of anilines is 3. The molecule has 0 spiro atoms. The van der Waals surface area contributed by atoms with E-state index in [0.717, 1.165) is 125 Å². The molecule has 462 valence electrons. The monoisotopic (exact) mass is 1250 g/mol. The van der Waals surface area contributed by atoms with Gasteiger partial charge in [0.2, 0.25) is 0 Å². The number of rotatable bonds is 28. The molecule has 1 N–H and O–H groups in total. The maximum Gasteiger partial charge on any atom is 0.335 e. The van der Waals surface area contributed by atoms with Gasteiger partial charge in [0.15, 0.2) is 0 Å². The minimum atomic E-state index is -0.953. The van der Waals surface area contributed by atoms with Crippen LogP contribution in [0.1, 0.15) is 175 Å². The van der Waals surface area contributed by atoms with Crippen molar-refractivity contribution in [2.75, 3.05) is 18.1 Å². The molecule has 2 unspecified atom stereocenters. The van der Waals surface area contributed by atoms with E-state index in [9.17, 15) is 9.90 Å². The van der Waals surface area contributed by atoms with E-state index >= 15 is 0 Å². The predicted molar refractivity (Wildman–Crippen MR) is 381 cm³/mol. The molecule has 10 heteroatoms. The molecule has 1 aliphatic rings. The first-order valence-corrected chi connectivity index (χ1v) is 35.3. The summed E-state index contributed by atoms with van der Waals surface area (Å²) in [6.07, 6.45) is 16.2. The van der Waals surface area contributed by atoms with Crippen LogP contribution in [0.5, 0.6) is 11.5 Å². The van der Waals surface area contributed by atoms with E-state index in [1.807, 2.05) is 22.7 Å². The van der Waals surface area contributed by atoms with Gasteiger partial charge in [0.1, 0.15) is 22.5 Å². The summed E-state index contributed by atoms with van der Waals surface area (Å²) in [5, 5.41) is 9.46. The van der Waals surface area contributed by atoms with E-state index < -0.39 is 5.97 Å². The Morgan fingerprint density at radius 2 is 1.08 bits per heavy atom. The SMILES string of the molecule is CCCCOc1ccc(-c2ccc(N(c3ccc(-c4cc5c(s4)-c4sc(-c6ccc(C#Cc7ccc(C(=O)O)cc7)c7nsnc67)cc4C5(CC(CC)CCCC)CC(CC)CCCC)cc3)c3ccc(-c4ccc(C)cc4OCCCC)cc3)cc2)c(C)c1. The first-order chi connectivity index (χ1) is 43.9. The molecule has 11 rings (SSSR count). The molecule has 3 aromatic heterocycles. The number of aryl methyl sites for hydroxylation is 2. The first-order valence-electron chi connectivity index (χ1n) is 32.9. The third-order valence-electron chi connectivity index (χ3n) is 18.4. The highest BCUT2D eigenvalue weighted by atomic mass is 32.1. The summed E-state index contributed by atoms with van der Waals surface area (Å²) in [7, 11) is 0. The van der Waals surface area contributed by atoms with Crippen LogP contribution in [0.4, 0.5) is 17.1 Å². The van der Waals surface area contributed by atoms with E-state index in [-0.39, 0.29) is 11.0 Å². The lowest BCUT2D eigenvalue weighted by Crippen LogP contribution is -2.31. The Kier molecular flexibility index (Phi) is 20.8. The Morgan fingerprint density at radius 3 is 1.66 bits per heavy atom. The van der Waals surface area contributed by atoms with Gasteiger partial charge in [-0.05, 0) is 199 Å². The van der Waals surface area contributed by atoms with Crippen LogP contribution in [0, 0.1) is 37.5 Å². The standard InChI is InChI=1S/C80H85N3O4S3/c1-9-15-19-55(13-5)51-80(52-56(14-6)20-16-10-2)70-49-73(88-77(70)78-71(80)50-74(89-78)69-43-34-61(75-76(69)82-90-81-75)25-22-57-23-26-62(27-24-57)79(84)85)60-32-39-65(40-33-60)83(63-35-28-58(29-36-63)67-44-41-66(48-54(67)8)86-45-17-11-3)64-37-30-59(31-38-64)68-42-21-53(7)47-72(68)87-46-18-12-4/h21,23-24,26-44,47-50,55-56H,9-20,45-46,51-52H2,1-8H3,(H,84,85). The number of ether oxygens (including phenoxy) is 2. The average molecular weight is 1250 g/mol. The number of nitrogens with zero attached hydrogens (tertiary/aromatic N) is 3. The smallest absolute Gasteiger partial charge is 0.335 e. The summed E-state index contributed by atoms with van der Waals surface area (Å²) >= 11 is 5.13. The quantitative estimate of drug-likeness (QED) is 0.0386. The molecule has 3 heterocycles. The second-order valence-corrected chi connectivity index (χ2v) is 27.3. The molecule has 0 saturated heterocycles. The summed E-state index contributed by atoms with van der Waals surface area (Å²) in [6.45, 7) is 19.6. The van der Waals surface area contributed by atoms with Gasteiger partial charge in [-0.15, -0.1) is 22.7 Å². The zero-order chi connectivity index (χ0) is 62.7. The minimum absolute atomic E-state index is 0.142. The third-order valence-corrected chi connectivity index (χ3v) is 21.4. The van der Waals surface area contributed by atoms with E-state index in [1.54, 1.807) is 24.3 Å². The molecular formula is C80H85N3O4S3. The van der Waals surface area contributed by atoms with Gasteiger partial charge >= 0.3 is 5.97 Å². The Morgan fingerprint density at radius 1 is 0.544 bits per heavy atom. The van der Waals surface area contributed by atoms with Gasteiger partial charge in [-0.1, -0.05) is 172 Å². The number of carboxylic acid groups (broad SMARTS) is 1. The molecule has 0 radical (unpaired) electrons. The topological polar surface area (TPSA) is 84.8 Å². The van der Waals surface area contributed by atoms with Crippen molar-refractivity contribution < 1.29 is 19.4 Å². The lowest BCUT2D eigenvalue weighted by Gasteiger charge is -2.37. The predicted octanol–water partition coefficient (Wildman–Crippen LogP) is 23.5. The molecule has 0 saturated carbocycles. The van der Waals surface area contributed by atoms with Gasteiger partial charge in [-0.3, -0.25) is 0 Å². The largest absolute Gasteiger partial charge is 0.494 e. The number of hydrogen-bond donors (Lipinski definition) is 1. The number of thiophene rings is 2. The fraction of sp³-hybridized carbons (Fsp3) is 0.338. The highest BCUT2D eigenvalue weighted by molar-refractivity contribution is 7.26. The van der Waals surface area contributed by atoms with Crippen molar-refractivity contribution in [3.05, 3.63) is 197 Å². The van der Waals surface area contributed by atoms with Crippen molar-refractivity contribution in [3.63, 3.8) is 0 Å².